The van der Waals surface area contributed by atoms with Crippen LogP contribution in [0.25, 0.3) is 0 Å². The van der Waals surface area contributed by atoms with Gasteiger partial charge in [-0.2, -0.15) is 0 Å². The van der Waals surface area contributed by atoms with Crippen LogP contribution >= 0.6 is 0 Å². The number of hydrogen-bond acceptors (Lipinski definition) is 4. The molecule has 1 aromatic carbocycles. The molecule has 0 saturated carbocycles. The molecule has 0 radical (unpaired) electrons. The summed E-state index contributed by atoms with van der Waals surface area (Å²) in [5, 5.41) is 12.6. The number of carbonyl (C=O) groups excluding carboxylic acids is 1. The van der Waals surface area contributed by atoms with Gasteiger partial charge in [-0.15, -0.1) is 0 Å². The average molecular weight is 330 g/mol. The summed E-state index contributed by atoms with van der Waals surface area (Å²) in [5.41, 5.74) is 0.229. The number of benzene rings is 1. The van der Waals surface area contributed by atoms with E-state index in [1.807, 2.05) is 6.07 Å². The Kier molecular flexibility index (Phi) is 6.38. The maximum atomic E-state index is 12.2. The number of carbonyl (C=O) groups is 1. The Morgan fingerprint density at radius 1 is 1.50 bits per heavy atom. The van der Waals surface area contributed by atoms with Crippen molar-refractivity contribution >= 4 is 5.91 Å². The molecule has 1 aromatic rings. The van der Waals surface area contributed by atoms with E-state index in [9.17, 15) is 9.90 Å². The predicted molar refractivity (Wildman–Crippen MR) is 93.8 cm³/mol. The standard InChI is InChI=1S/C19H26N2O3/c1-19(2,23)9-7-15-5-4-6-16(13-15)18(22)20-10-8-17-14-21(3)11-12-24-17/h4-6,13,17,23H,8,10-12,14H2,1-3H3,(H,20,22)/t17-/m1/s1. The number of hydrogen-bond donors (Lipinski definition) is 2. The molecule has 2 N–H and O–H groups in total. The molecule has 0 aromatic heterocycles. The van der Waals surface area contributed by atoms with Gasteiger partial charge in [0.25, 0.3) is 5.91 Å². The van der Waals surface area contributed by atoms with E-state index in [-0.39, 0.29) is 12.0 Å². The van der Waals surface area contributed by atoms with Crippen LogP contribution in [0.2, 0.25) is 0 Å². The fraction of sp³-hybridized carbons (Fsp3) is 0.526. The zero-order valence-electron chi connectivity index (χ0n) is 14.6. The number of nitrogens with one attached hydrogen (secondary N) is 1. The highest BCUT2D eigenvalue weighted by Gasteiger charge is 2.17. The first-order valence-corrected chi connectivity index (χ1v) is 8.27. The van der Waals surface area contributed by atoms with E-state index in [2.05, 4.69) is 29.1 Å². The number of likely N-dealkylation sites (N-methyl/N-ethyl adjacent to an activating group) is 1. The maximum Gasteiger partial charge on any atom is 0.251 e. The Morgan fingerprint density at radius 2 is 2.29 bits per heavy atom. The molecule has 0 unspecified atom stereocenters. The Morgan fingerprint density at radius 3 is 3.00 bits per heavy atom. The molecule has 1 atom stereocenters. The first kappa shape index (κ1) is 18.5. The van der Waals surface area contributed by atoms with E-state index < -0.39 is 5.60 Å². The van der Waals surface area contributed by atoms with Gasteiger partial charge < -0.3 is 20.1 Å². The Balaban J connectivity index is 1.87. The van der Waals surface area contributed by atoms with Crippen molar-refractivity contribution in [2.24, 2.45) is 0 Å². The Labute approximate surface area is 144 Å². The van der Waals surface area contributed by atoms with Gasteiger partial charge in [0.05, 0.1) is 12.7 Å². The quantitative estimate of drug-likeness (QED) is 0.816. The third-order valence-electron chi connectivity index (χ3n) is 3.73. The van der Waals surface area contributed by atoms with Gasteiger partial charge in [-0.25, -0.2) is 0 Å². The van der Waals surface area contributed by atoms with Crippen molar-refractivity contribution in [3.05, 3.63) is 35.4 Å². The summed E-state index contributed by atoms with van der Waals surface area (Å²) in [5.74, 6) is 5.51. The smallest absolute Gasteiger partial charge is 0.251 e. The molecule has 1 fully saturated rings. The molecule has 5 nitrogen and oxygen atoms in total. The second-order valence-corrected chi connectivity index (χ2v) is 6.69. The summed E-state index contributed by atoms with van der Waals surface area (Å²) in [6.45, 7) is 6.44. The topological polar surface area (TPSA) is 61.8 Å². The molecule has 24 heavy (non-hydrogen) atoms. The van der Waals surface area contributed by atoms with E-state index in [1.165, 1.54) is 0 Å². The lowest BCUT2D eigenvalue weighted by atomic mass is 10.1. The minimum absolute atomic E-state index is 0.119. The molecule has 2 rings (SSSR count). The van der Waals surface area contributed by atoms with Crippen molar-refractivity contribution in [2.75, 3.05) is 33.3 Å². The highest BCUT2D eigenvalue weighted by Crippen LogP contribution is 2.08. The van der Waals surface area contributed by atoms with Crippen molar-refractivity contribution < 1.29 is 14.6 Å². The summed E-state index contributed by atoms with van der Waals surface area (Å²) in [6.07, 6.45) is 0.974. The number of rotatable bonds is 4. The van der Waals surface area contributed by atoms with Crippen LogP contribution in [0, 0.1) is 11.8 Å². The molecular weight excluding hydrogens is 304 g/mol. The third-order valence-corrected chi connectivity index (χ3v) is 3.73. The molecular formula is C19H26N2O3. The van der Waals surface area contributed by atoms with Gasteiger partial charge in [-0.1, -0.05) is 17.9 Å². The van der Waals surface area contributed by atoms with Gasteiger partial charge in [0.1, 0.15) is 5.60 Å². The minimum atomic E-state index is -1.05. The van der Waals surface area contributed by atoms with E-state index in [0.717, 1.165) is 26.1 Å². The molecule has 0 aliphatic carbocycles. The van der Waals surface area contributed by atoms with Crippen LogP contribution in [0.1, 0.15) is 36.2 Å². The Bertz CT molecular complexity index is 625. The fourth-order valence-corrected chi connectivity index (χ4v) is 2.45. The van der Waals surface area contributed by atoms with E-state index in [0.29, 0.717) is 17.7 Å². The van der Waals surface area contributed by atoms with Crippen molar-refractivity contribution in [3.63, 3.8) is 0 Å². The lowest BCUT2D eigenvalue weighted by Crippen LogP contribution is -2.41. The number of nitrogens with zero attached hydrogens (tertiary/aromatic N) is 1. The van der Waals surface area contributed by atoms with Gasteiger partial charge in [-0.3, -0.25) is 4.79 Å². The van der Waals surface area contributed by atoms with E-state index in [4.69, 9.17) is 4.74 Å². The number of morpholine rings is 1. The summed E-state index contributed by atoms with van der Waals surface area (Å²) < 4.78 is 5.68. The van der Waals surface area contributed by atoms with Crippen LogP contribution in [0.3, 0.4) is 0 Å². The molecule has 130 valence electrons. The third kappa shape index (κ3) is 6.32. The van der Waals surface area contributed by atoms with Gasteiger partial charge in [0.15, 0.2) is 0 Å². The Hall–Kier alpha value is -1.87. The van der Waals surface area contributed by atoms with Crippen LogP contribution in [-0.4, -0.2) is 60.9 Å². The summed E-state index contributed by atoms with van der Waals surface area (Å²) >= 11 is 0. The molecule has 0 spiro atoms. The van der Waals surface area contributed by atoms with Crippen molar-refractivity contribution in [1.29, 1.82) is 0 Å². The molecule has 1 aliphatic rings. The lowest BCUT2D eigenvalue weighted by molar-refractivity contribution is -0.0226. The fourth-order valence-electron chi connectivity index (χ4n) is 2.45. The van der Waals surface area contributed by atoms with Gasteiger partial charge >= 0.3 is 0 Å². The number of aliphatic hydroxyl groups is 1. The van der Waals surface area contributed by atoms with Gasteiger partial charge in [-0.05, 0) is 45.5 Å². The van der Waals surface area contributed by atoms with Gasteiger partial charge in [0.2, 0.25) is 0 Å². The van der Waals surface area contributed by atoms with E-state index in [1.54, 1.807) is 32.0 Å². The average Bonchev–Trinajstić information content (AvgIpc) is 2.52. The minimum Gasteiger partial charge on any atom is -0.378 e. The zero-order chi connectivity index (χ0) is 17.6. The van der Waals surface area contributed by atoms with Gasteiger partial charge in [0, 0.05) is 30.8 Å². The zero-order valence-corrected chi connectivity index (χ0v) is 14.6. The van der Waals surface area contributed by atoms with Crippen molar-refractivity contribution in [2.45, 2.75) is 32.0 Å². The van der Waals surface area contributed by atoms with Crippen molar-refractivity contribution in [1.82, 2.24) is 10.2 Å². The largest absolute Gasteiger partial charge is 0.378 e. The van der Waals surface area contributed by atoms with Crippen LogP contribution in [0.4, 0.5) is 0 Å². The first-order valence-electron chi connectivity index (χ1n) is 8.27. The monoisotopic (exact) mass is 330 g/mol. The van der Waals surface area contributed by atoms with Crippen LogP contribution < -0.4 is 5.32 Å². The SMILES string of the molecule is CN1CCO[C@H](CCNC(=O)c2cccc(C#CC(C)(C)O)c2)C1. The van der Waals surface area contributed by atoms with Crippen LogP contribution in [0.5, 0.6) is 0 Å². The number of ether oxygens (including phenoxy) is 1. The highest BCUT2D eigenvalue weighted by molar-refractivity contribution is 5.94. The van der Waals surface area contributed by atoms with Crippen molar-refractivity contribution in [3.8, 4) is 11.8 Å². The molecule has 1 amide bonds. The summed E-state index contributed by atoms with van der Waals surface area (Å²) in [6, 6.07) is 7.11. The normalized spacial score (nSPS) is 18.6. The maximum absolute atomic E-state index is 12.2. The van der Waals surface area contributed by atoms with Crippen LogP contribution in [-0.2, 0) is 4.74 Å². The molecule has 1 heterocycles. The van der Waals surface area contributed by atoms with Crippen LogP contribution in [0.15, 0.2) is 24.3 Å². The molecule has 0 bridgehead atoms. The summed E-state index contributed by atoms with van der Waals surface area (Å²) in [7, 11) is 2.08. The predicted octanol–water partition coefficient (Wildman–Crippen LogP) is 1.26. The lowest BCUT2D eigenvalue weighted by Gasteiger charge is -2.30. The van der Waals surface area contributed by atoms with E-state index >= 15 is 0 Å². The number of amides is 1. The molecule has 1 saturated heterocycles. The first-order chi connectivity index (χ1) is 11.3. The molecule has 1 aliphatic heterocycles. The summed E-state index contributed by atoms with van der Waals surface area (Å²) in [4.78, 5) is 14.5. The second kappa shape index (κ2) is 8.29. The molecule has 5 heteroatoms. The highest BCUT2D eigenvalue weighted by atomic mass is 16.5. The second-order valence-electron chi connectivity index (χ2n) is 6.69.